The van der Waals surface area contributed by atoms with E-state index in [9.17, 15) is 0 Å². The van der Waals surface area contributed by atoms with E-state index >= 15 is 0 Å². The van der Waals surface area contributed by atoms with Gasteiger partial charge >= 0.3 is 0 Å². The maximum Gasteiger partial charge on any atom is 0.0111 e. The Balaban J connectivity index is 1.64. The first-order valence-corrected chi connectivity index (χ1v) is 8.54. The van der Waals surface area contributed by atoms with Crippen molar-refractivity contribution in [3.05, 3.63) is 0 Å². The fourth-order valence-electron chi connectivity index (χ4n) is 3.93. The molecule has 1 saturated carbocycles. The average Bonchev–Trinajstić information content (AvgIpc) is 3.09. The van der Waals surface area contributed by atoms with Crippen LogP contribution in [0.3, 0.4) is 0 Å². The van der Waals surface area contributed by atoms with Crippen molar-refractivity contribution >= 4 is 0 Å². The maximum absolute atomic E-state index is 3.85. The molecule has 3 nitrogen and oxygen atoms in total. The van der Waals surface area contributed by atoms with Crippen LogP contribution >= 0.6 is 0 Å². The van der Waals surface area contributed by atoms with Crippen molar-refractivity contribution in [1.82, 2.24) is 15.5 Å². The Morgan fingerprint density at radius 1 is 1.11 bits per heavy atom. The van der Waals surface area contributed by atoms with Gasteiger partial charge in [-0.1, -0.05) is 20.3 Å². The molecule has 3 unspecified atom stereocenters. The van der Waals surface area contributed by atoms with E-state index in [0.717, 1.165) is 18.0 Å². The van der Waals surface area contributed by atoms with Gasteiger partial charge in [-0.2, -0.15) is 0 Å². The lowest BCUT2D eigenvalue weighted by atomic mass is 9.93. The molecule has 1 saturated heterocycles. The molecule has 19 heavy (non-hydrogen) atoms. The largest absolute Gasteiger partial charge is 0.314 e. The zero-order valence-corrected chi connectivity index (χ0v) is 13.0. The van der Waals surface area contributed by atoms with Crippen LogP contribution in [0.1, 0.15) is 52.4 Å². The lowest BCUT2D eigenvalue weighted by Crippen LogP contribution is -2.42. The maximum atomic E-state index is 3.85. The zero-order valence-electron chi connectivity index (χ0n) is 13.0. The highest BCUT2D eigenvalue weighted by Crippen LogP contribution is 2.31. The fourth-order valence-corrected chi connectivity index (χ4v) is 3.93. The van der Waals surface area contributed by atoms with Crippen molar-refractivity contribution in [2.24, 2.45) is 5.92 Å². The topological polar surface area (TPSA) is 27.3 Å². The first-order chi connectivity index (χ1) is 9.35. The Kier molecular flexibility index (Phi) is 6.62. The molecular formula is C16H33N3. The van der Waals surface area contributed by atoms with Gasteiger partial charge in [0.05, 0.1) is 0 Å². The number of hydrogen-bond donors (Lipinski definition) is 2. The van der Waals surface area contributed by atoms with Crippen molar-refractivity contribution in [3.63, 3.8) is 0 Å². The van der Waals surface area contributed by atoms with Gasteiger partial charge in [-0.25, -0.2) is 0 Å². The van der Waals surface area contributed by atoms with Crippen molar-refractivity contribution < 1.29 is 0 Å². The van der Waals surface area contributed by atoms with Gasteiger partial charge in [0.1, 0.15) is 0 Å². The zero-order chi connectivity index (χ0) is 13.5. The van der Waals surface area contributed by atoms with Crippen LogP contribution in [-0.4, -0.2) is 49.7 Å². The molecule has 2 aliphatic rings. The second-order valence-corrected chi connectivity index (χ2v) is 6.24. The smallest absolute Gasteiger partial charge is 0.0111 e. The lowest BCUT2D eigenvalue weighted by molar-refractivity contribution is 0.283. The second-order valence-electron chi connectivity index (χ2n) is 6.24. The average molecular weight is 267 g/mol. The molecule has 2 N–H and O–H groups in total. The first-order valence-electron chi connectivity index (χ1n) is 8.54. The number of nitrogens with one attached hydrogen (secondary N) is 2. The van der Waals surface area contributed by atoms with Crippen molar-refractivity contribution in [2.45, 2.75) is 64.5 Å². The molecule has 0 aromatic rings. The summed E-state index contributed by atoms with van der Waals surface area (Å²) >= 11 is 0. The molecule has 2 fully saturated rings. The number of rotatable bonds is 8. The van der Waals surface area contributed by atoms with Gasteiger partial charge in [-0.3, -0.25) is 0 Å². The molecule has 0 radical (unpaired) electrons. The van der Waals surface area contributed by atoms with Gasteiger partial charge in [-0.05, 0) is 70.7 Å². The first kappa shape index (κ1) is 15.3. The van der Waals surface area contributed by atoms with Crippen LogP contribution in [-0.2, 0) is 0 Å². The fraction of sp³-hybridized carbons (Fsp3) is 1.00. The minimum absolute atomic E-state index is 0.785. The van der Waals surface area contributed by atoms with Gasteiger partial charge in [0.25, 0.3) is 0 Å². The SMILES string of the molecule is CCN(CC)CCCNC1CCCC1C1CCCN1. The lowest BCUT2D eigenvalue weighted by Gasteiger charge is -2.27. The third-order valence-electron chi connectivity index (χ3n) is 5.14. The third-order valence-corrected chi connectivity index (χ3v) is 5.14. The molecule has 0 bridgehead atoms. The van der Waals surface area contributed by atoms with Crippen LogP contribution in [0.2, 0.25) is 0 Å². The van der Waals surface area contributed by atoms with Gasteiger partial charge in [0.15, 0.2) is 0 Å². The molecule has 112 valence electrons. The quantitative estimate of drug-likeness (QED) is 0.660. The third kappa shape index (κ3) is 4.44. The molecule has 2 rings (SSSR count). The Hall–Kier alpha value is -0.120. The van der Waals surface area contributed by atoms with E-state index in [1.54, 1.807) is 0 Å². The van der Waals surface area contributed by atoms with Gasteiger partial charge in [-0.15, -0.1) is 0 Å². The highest BCUT2D eigenvalue weighted by Gasteiger charge is 2.34. The van der Waals surface area contributed by atoms with Crippen LogP contribution in [0.15, 0.2) is 0 Å². The summed E-state index contributed by atoms with van der Waals surface area (Å²) in [5.41, 5.74) is 0. The molecule has 1 aliphatic carbocycles. The van der Waals surface area contributed by atoms with E-state index in [4.69, 9.17) is 0 Å². The normalized spacial score (nSPS) is 31.4. The summed E-state index contributed by atoms with van der Waals surface area (Å²) in [6.07, 6.45) is 8.34. The van der Waals surface area contributed by atoms with Gasteiger partial charge < -0.3 is 15.5 Å². The van der Waals surface area contributed by atoms with E-state index in [1.165, 1.54) is 71.2 Å². The second kappa shape index (κ2) is 8.23. The summed E-state index contributed by atoms with van der Waals surface area (Å²) in [5, 5.41) is 7.55. The van der Waals surface area contributed by atoms with Crippen LogP contribution in [0.25, 0.3) is 0 Å². The Morgan fingerprint density at radius 3 is 2.63 bits per heavy atom. The Morgan fingerprint density at radius 2 is 1.95 bits per heavy atom. The van der Waals surface area contributed by atoms with E-state index in [1.807, 2.05) is 0 Å². The van der Waals surface area contributed by atoms with E-state index in [-0.39, 0.29) is 0 Å². The molecule has 1 heterocycles. The predicted molar refractivity (Wildman–Crippen MR) is 82.6 cm³/mol. The molecule has 0 aromatic carbocycles. The van der Waals surface area contributed by atoms with Gasteiger partial charge in [0.2, 0.25) is 0 Å². The minimum atomic E-state index is 0.785. The number of nitrogens with zero attached hydrogens (tertiary/aromatic N) is 1. The standard InChI is InChI=1S/C16H33N3/c1-3-19(4-2)13-7-12-18-15-9-5-8-14(15)16-10-6-11-17-16/h14-18H,3-13H2,1-2H3. The van der Waals surface area contributed by atoms with Crippen molar-refractivity contribution in [3.8, 4) is 0 Å². The predicted octanol–water partition coefficient (Wildman–Crippen LogP) is 2.23. The summed E-state index contributed by atoms with van der Waals surface area (Å²) < 4.78 is 0. The highest BCUT2D eigenvalue weighted by atomic mass is 15.1. The summed E-state index contributed by atoms with van der Waals surface area (Å²) in [6.45, 7) is 10.6. The number of hydrogen-bond acceptors (Lipinski definition) is 3. The molecule has 1 aliphatic heterocycles. The molecule has 0 aromatic heterocycles. The van der Waals surface area contributed by atoms with Crippen LogP contribution in [0, 0.1) is 5.92 Å². The monoisotopic (exact) mass is 267 g/mol. The van der Waals surface area contributed by atoms with Crippen LogP contribution in [0.5, 0.6) is 0 Å². The minimum Gasteiger partial charge on any atom is -0.314 e. The summed E-state index contributed by atoms with van der Waals surface area (Å²) in [7, 11) is 0. The van der Waals surface area contributed by atoms with E-state index in [2.05, 4.69) is 29.4 Å². The van der Waals surface area contributed by atoms with Crippen LogP contribution < -0.4 is 10.6 Å². The molecule has 0 amide bonds. The van der Waals surface area contributed by atoms with E-state index < -0.39 is 0 Å². The highest BCUT2D eigenvalue weighted by molar-refractivity contribution is 4.93. The molecule has 0 spiro atoms. The summed E-state index contributed by atoms with van der Waals surface area (Å²) in [6, 6.07) is 1.59. The summed E-state index contributed by atoms with van der Waals surface area (Å²) in [4.78, 5) is 2.52. The van der Waals surface area contributed by atoms with Gasteiger partial charge in [0, 0.05) is 12.1 Å². The molecule has 3 heteroatoms. The van der Waals surface area contributed by atoms with Crippen molar-refractivity contribution in [2.75, 3.05) is 32.7 Å². The summed E-state index contributed by atoms with van der Waals surface area (Å²) in [5.74, 6) is 0.899. The molecular weight excluding hydrogens is 234 g/mol. The van der Waals surface area contributed by atoms with E-state index in [0.29, 0.717) is 0 Å². The Bertz CT molecular complexity index is 234. The van der Waals surface area contributed by atoms with Crippen LogP contribution in [0.4, 0.5) is 0 Å². The van der Waals surface area contributed by atoms with Crippen molar-refractivity contribution in [1.29, 1.82) is 0 Å². The Labute approximate surface area is 119 Å². The molecule has 3 atom stereocenters.